The summed E-state index contributed by atoms with van der Waals surface area (Å²) in [6.45, 7) is -3.68. The molecule has 0 heterocycles. The predicted molar refractivity (Wildman–Crippen MR) is 128 cm³/mol. The van der Waals surface area contributed by atoms with Gasteiger partial charge in [0.15, 0.2) is 0 Å². The first kappa shape index (κ1) is 19.3. The number of benzene rings is 4. The minimum atomic E-state index is -3.68. The van der Waals surface area contributed by atoms with Crippen LogP contribution in [0, 0.1) is 0 Å². The van der Waals surface area contributed by atoms with Crippen LogP contribution in [0.4, 0.5) is 0 Å². The standard InChI is InChI=1S/C27H25OP/c28-29(25-17-7-2-8-18-25,26-19-9-3-10-20-26,27-21-11-4-12-22-27)23-13-16-24-14-5-1-6-15-24/h1-22,28H,23H2. The Morgan fingerprint density at radius 2 is 0.862 bits per heavy atom. The van der Waals surface area contributed by atoms with E-state index in [1.807, 2.05) is 72.8 Å². The Labute approximate surface area is 173 Å². The minimum absolute atomic E-state index is 0.540. The SMILES string of the molecule is OP(CC=Cc1ccccc1)(c1ccccc1)(c1ccccc1)c1ccccc1. The van der Waals surface area contributed by atoms with Crippen LogP contribution in [0.5, 0.6) is 0 Å². The fourth-order valence-electron chi connectivity index (χ4n) is 3.97. The Morgan fingerprint density at radius 1 is 0.517 bits per heavy atom. The summed E-state index contributed by atoms with van der Waals surface area (Å²) in [5.41, 5.74) is 1.13. The second-order valence-electron chi connectivity index (χ2n) is 7.25. The second kappa shape index (κ2) is 8.17. The normalized spacial score (nSPS) is 13.1. The van der Waals surface area contributed by atoms with Crippen molar-refractivity contribution in [1.29, 1.82) is 0 Å². The summed E-state index contributed by atoms with van der Waals surface area (Å²) >= 11 is 0. The van der Waals surface area contributed by atoms with Crippen LogP contribution in [0.1, 0.15) is 5.56 Å². The predicted octanol–water partition coefficient (Wildman–Crippen LogP) is 5.14. The van der Waals surface area contributed by atoms with Crippen LogP contribution in [0.25, 0.3) is 6.08 Å². The van der Waals surface area contributed by atoms with Gasteiger partial charge >= 0.3 is 173 Å². The fraction of sp³-hybridized carbons (Fsp3) is 0.0370. The van der Waals surface area contributed by atoms with E-state index in [9.17, 15) is 4.89 Å². The summed E-state index contributed by atoms with van der Waals surface area (Å²) in [4.78, 5) is 12.9. The van der Waals surface area contributed by atoms with Gasteiger partial charge in [-0.05, 0) is 0 Å². The van der Waals surface area contributed by atoms with Gasteiger partial charge in [-0.15, -0.1) is 0 Å². The molecule has 0 radical (unpaired) electrons. The molecule has 0 aliphatic rings. The van der Waals surface area contributed by atoms with Gasteiger partial charge in [0.05, 0.1) is 0 Å². The monoisotopic (exact) mass is 396 g/mol. The second-order valence-corrected chi connectivity index (χ2v) is 11.7. The number of allylic oxidation sites excluding steroid dienone is 1. The number of hydrogen-bond acceptors (Lipinski definition) is 1. The molecule has 4 aromatic carbocycles. The molecule has 0 fully saturated rings. The van der Waals surface area contributed by atoms with Crippen LogP contribution in [0.15, 0.2) is 127 Å². The quantitative estimate of drug-likeness (QED) is 0.448. The maximum atomic E-state index is 12.9. The van der Waals surface area contributed by atoms with E-state index >= 15 is 0 Å². The van der Waals surface area contributed by atoms with Crippen molar-refractivity contribution < 1.29 is 4.89 Å². The van der Waals surface area contributed by atoms with Crippen molar-refractivity contribution in [3.05, 3.63) is 133 Å². The topological polar surface area (TPSA) is 20.2 Å². The first-order valence-electron chi connectivity index (χ1n) is 9.86. The van der Waals surface area contributed by atoms with Crippen molar-refractivity contribution in [2.24, 2.45) is 0 Å². The Bertz CT molecular complexity index is 975. The van der Waals surface area contributed by atoms with E-state index in [1.54, 1.807) is 0 Å². The third-order valence-electron chi connectivity index (χ3n) is 5.51. The molecule has 0 aliphatic heterocycles. The Hall–Kier alpha value is -2.99. The molecule has 0 atom stereocenters. The van der Waals surface area contributed by atoms with E-state index in [0.717, 1.165) is 21.5 Å². The molecule has 0 amide bonds. The summed E-state index contributed by atoms with van der Waals surface area (Å²) in [5, 5.41) is 2.94. The van der Waals surface area contributed by atoms with Crippen molar-refractivity contribution in [3.8, 4) is 0 Å². The molecular formula is C27H25OP. The van der Waals surface area contributed by atoms with E-state index in [0.29, 0.717) is 6.16 Å². The van der Waals surface area contributed by atoms with Crippen molar-refractivity contribution in [3.63, 3.8) is 0 Å². The van der Waals surface area contributed by atoms with Crippen molar-refractivity contribution in [2.45, 2.75) is 0 Å². The van der Waals surface area contributed by atoms with Crippen LogP contribution in [-0.2, 0) is 0 Å². The van der Waals surface area contributed by atoms with E-state index in [1.165, 1.54) is 0 Å². The van der Waals surface area contributed by atoms with Gasteiger partial charge in [0, 0.05) is 0 Å². The molecule has 144 valence electrons. The van der Waals surface area contributed by atoms with Crippen molar-refractivity contribution >= 4 is 28.8 Å². The third kappa shape index (κ3) is 3.56. The molecule has 4 aromatic rings. The van der Waals surface area contributed by atoms with Gasteiger partial charge in [0.25, 0.3) is 0 Å². The fourth-order valence-corrected chi connectivity index (χ4v) is 8.46. The van der Waals surface area contributed by atoms with Gasteiger partial charge in [0.1, 0.15) is 0 Å². The van der Waals surface area contributed by atoms with Crippen LogP contribution >= 0.6 is 6.83 Å². The molecule has 29 heavy (non-hydrogen) atoms. The summed E-state index contributed by atoms with van der Waals surface area (Å²) in [6, 6.07) is 40.7. The summed E-state index contributed by atoms with van der Waals surface area (Å²) in [5.74, 6) is 0. The van der Waals surface area contributed by atoms with Crippen LogP contribution in [-0.4, -0.2) is 11.1 Å². The number of hydrogen-bond donors (Lipinski definition) is 1. The summed E-state index contributed by atoms with van der Waals surface area (Å²) in [6.07, 6.45) is 4.77. The van der Waals surface area contributed by atoms with Crippen LogP contribution in [0.3, 0.4) is 0 Å². The Morgan fingerprint density at radius 3 is 1.24 bits per heavy atom. The molecule has 0 saturated heterocycles. The average Bonchev–Trinajstić information content (AvgIpc) is 2.81. The van der Waals surface area contributed by atoms with Crippen molar-refractivity contribution in [1.82, 2.24) is 0 Å². The van der Waals surface area contributed by atoms with Gasteiger partial charge in [-0.3, -0.25) is 0 Å². The van der Waals surface area contributed by atoms with Gasteiger partial charge in [-0.25, -0.2) is 0 Å². The molecule has 0 aromatic heterocycles. The maximum absolute atomic E-state index is 12.9. The van der Waals surface area contributed by atoms with E-state index in [4.69, 9.17) is 0 Å². The first-order chi connectivity index (χ1) is 14.2. The van der Waals surface area contributed by atoms with Gasteiger partial charge in [-0.2, -0.15) is 0 Å². The molecule has 0 aliphatic carbocycles. The zero-order valence-electron chi connectivity index (χ0n) is 16.3. The Balaban J connectivity index is 1.95. The average molecular weight is 396 g/mol. The van der Waals surface area contributed by atoms with E-state index < -0.39 is 6.83 Å². The number of rotatable bonds is 6. The summed E-state index contributed by atoms with van der Waals surface area (Å²) in [7, 11) is 0. The molecule has 4 rings (SSSR count). The molecule has 1 N–H and O–H groups in total. The van der Waals surface area contributed by atoms with Gasteiger partial charge < -0.3 is 0 Å². The molecule has 1 nitrogen and oxygen atoms in total. The molecule has 0 unspecified atom stereocenters. The van der Waals surface area contributed by atoms with Gasteiger partial charge in [-0.1, -0.05) is 0 Å². The van der Waals surface area contributed by atoms with E-state index in [2.05, 4.69) is 60.7 Å². The van der Waals surface area contributed by atoms with Gasteiger partial charge in [0.2, 0.25) is 0 Å². The molecule has 0 spiro atoms. The van der Waals surface area contributed by atoms with Crippen LogP contribution in [0.2, 0.25) is 0 Å². The van der Waals surface area contributed by atoms with E-state index in [-0.39, 0.29) is 0 Å². The summed E-state index contributed by atoms with van der Waals surface area (Å²) < 4.78 is 0. The molecule has 0 saturated carbocycles. The molecule has 2 heteroatoms. The Kier molecular flexibility index (Phi) is 5.45. The van der Waals surface area contributed by atoms with Crippen molar-refractivity contribution in [2.75, 3.05) is 6.16 Å². The molecular weight excluding hydrogens is 371 g/mol. The first-order valence-corrected chi connectivity index (χ1v) is 12.2. The zero-order chi connectivity index (χ0) is 20.0. The molecule has 0 bridgehead atoms. The zero-order valence-corrected chi connectivity index (χ0v) is 17.2. The third-order valence-corrected chi connectivity index (χ3v) is 10.7. The van der Waals surface area contributed by atoms with Crippen LogP contribution < -0.4 is 15.9 Å².